The normalized spacial score (nSPS) is 14.9. The first-order chi connectivity index (χ1) is 5.93. The molecule has 0 aliphatic carbocycles. The molecule has 1 unspecified atom stereocenters. The molecule has 76 valence electrons. The van der Waals surface area contributed by atoms with Gasteiger partial charge in [-0.25, -0.2) is 0 Å². The van der Waals surface area contributed by atoms with Crippen LogP contribution in [0.25, 0.3) is 0 Å². The van der Waals surface area contributed by atoms with Gasteiger partial charge in [0.15, 0.2) is 0 Å². The Balaban J connectivity index is 3.63. The zero-order valence-corrected chi connectivity index (χ0v) is 7.14. The minimum Gasteiger partial charge on any atom is -0.481 e. The highest BCUT2D eigenvalue weighted by Crippen LogP contribution is 2.01. The number of hydrogen-bond donors (Lipinski definition) is 4. The Morgan fingerprint density at radius 1 is 1.15 bits per heavy atom. The van der Waals surface area contributed by atoms with Gasteiger partial charge in [-0.1, -0.05) is 0 Å². The monoisotopic (exact) mass is 190 g/mol. The molecule has 0 aromatic rings. The Bertz CT molecular complexity index is 195. The second-order valence-corrected chi connectivity index (χ2v) is 2.88. The number of rotatable bonds is 6. The molecule has 2 atom stereocenters. The molecule has 0 aliphatic rings. The van der Waals surface area contributed by atoms with Crippen LogP contribution in [0.3, 0.4) is 0 Å². The van der Waals surface area contributed by atoms with E-state index in [1.165, 1.54) is 0 Å². The van der Waals surface area contributed by atoms with Gasteiger partial charge in [0.05, 0.1) is 6.42 Å². The topological polar surface area (TPSA) is 127 Å². The Hall–Kier alpha value is -1.14. The summed E-state index contributed by atoms with van der Waals surface area (Å²) < 4.78 is 0. The van der Waals surface area contributed by atoms with Gasteiger partial charge >= 0.3 is 11.9 Å². The van der Waals surface area contributed by atoms with Crippen LogP contribution < -0.4 is 11.5 Å². The molecule has 0 rings (SSSR count). The van der Waals surface area contributed by atoms with Gasteiger partial charge in [-0.2, -0.15) is 0 Å². The third kappa shape index (κ3) is 6.06. The maximum absolute atomic E-state index is 10.3. The number of carboxylic acids is 2. The molecule has 6 N–H and O–H groups in total. The molecule has 0 aromatic carbocycles. The van der Waals surface area contributed by atoms with Gasteiger partial charge < -0.3 is 21.7 Å². The molecule has 0 saturated carbocycles. The molecule has 0 radical (unpaired) electrons. The van der Waals surface area contributed by atoms with Crippen molar-refractivity contribution >= 4 is 11.9 Å². The summed E-state index contributed by atoms with van der Waals surface area (Å²) in [5.74, 6) is -2.08. The first kappa shape index (κ1) is 11.9. The second-order valence-electron chi connectivity index (χ2n) is 2.88. The van der Waals surface area contributed by atoms with Crippen LogP contribution in [0, 0.1) is 0 Å². The molecule has 0 heterocycles. The van der Waals surface area contributed by atoms with E-state index in [1.807, 2.05) is 0 Å². The predicted octanol–water partition coefficient (Wildman–Crippen LogP) is -1.02. The molecule has 6 heteroatoms. The summed E-state index contributed by atoms with van der Waals surface area (Å²) in [7, 11) is 0. The quantitative estimate of drug-likeness (QED) is 0.424. The lowest BCUT2D eigenvalue weighted by Crippen LogP contribution is -2.33. The summed E-state index contributed by atoms with van der Waals surface area (Å²) in [6.07, 6.45) is 0.343. The molecular formula is C7H14N2O4. The van der Waals surface area contributed by atoms with Gasteiger partial charge in [-0.3, -0.25) is 9.59 Å². The summed E-state index contributed by atoms with van der Waals surface area (Å²) in [5.41, 5.74) is 10.6. The standard InChI is InChI=1S/C7H14N2O4/c8-4(3-6(10)11)1-2-5(9)7(12)13/h4-5H,1-3,8-9H2,(H,10,11)(H,12,13)/t4?,5-/m0/s1. The smallest absolute Gasteiger partial charge is 0.320 e. The maximum atomic E-state index is 10.3. The van der Waals surface area contributed by atoms with Crippen LogP contribution in [-0.4, -0.2) is 34.2 Å². The van der Waals surface area contributed by atoms with E-state index in [2.05, 4.69) is 0 Å². The van der Waals surface area contributed by atoms with Crippen molar-refractivity contribution in [2.45, 2.75) is 31.3 Å². The van der Waals surface area contributed by atoms with Crippen LogP contribution in [0.4, 0.5) is 0 Å². The highest BCUT2D eigenvalue weighted by molar-refractivity contribution is 5.73. The highest BCUT2D eigenvalue weighted by atomic mass is 16.4. The number of hydrogen-bond acceptors (Lipinski definition) is 4. The van der Waals surface area contributed by atoms with Crippen molar-refractivity contribution in [1.82, 2.24) is 0 Å². The molecule has 0 amide bonds. The Labute approximate surface area is 75.5 Å². The fourth-order valence-corrected chi connectivity index (χ4v) is 0.843. The van der Waals surface area contributed by atoms with Crippen molar-refractivity contribution in [2.75, 3.05) is 0 Å². The third-order valence-corrected chi connectivity index (χ3v) is 1.60. The lowest BCUT2D eigenvalue weighted by molar-refractivity contribution is -0.138. The third-order valence-electron chi connectivity index (χ3n) is 1.60. The average Bonchev–Trinajstić information content (AvgIpc) is 1.98. The van der Waals surface area contributed by atoms with Crippen LogP contribution in [0.15, 0.2) is 0 Å². The van der Waals surface area contributed by atoms with Gasteiger partial charge in [0, 0.05) is 6.04 Å². The van der Waals surface area contributed by atoms with E-state index in [-0.39, 0.29) is 12.8 Å². The fraction of sp³-hybridized carbons (Fsp3) is 0.714. The summed E-state index contributed by atoms with van der Waals surface area (Å²) in [6.45, 7) is 0. The van der Waals surface area contributed by atoms with E-state index in [4.69, 9.17) is 21.7 Å². The minimum atomic E-state index is -1.09. The SMILES string of the molecule is NC(CC[C@H](N)C(=O)O)CC(=O)O. The van der Waals surface area contributed by atoms with Gasteiger partial charge in [-0.05, 0) is 12.8 Å². The number of nitrogens with two attached hydrogens (primary N) is 2. The fourth-order valence-electron chi connectivity index (χ4n) is 0.843. The molecule has 0 aliphatic heterocycles. The van der Waals surface area contributed by atoms with Crippen LogP contribution in [0.1, 0.15) is 19.3 Å². The van der Waals surface area contributed by atoms with E-state index in [0.29, 0.717) is 6.42 Å². The highest BCUT2D eigenvalue weighted by Gasteiger charge is 2.14. The molecule has 6 nitrogen and oxygen atoms in total. The lowest BCUT2D eigenvalue weighted by Gasteiger charge is -2.10. The van der Waals surface area contributed by atoms with Crippen molar-refractivity contribution in [3.8, 4) is 0 Å². The van der Waals surface area contributed by atoms with E-state index >= 15 is 0 Å². The zero-order valence-electron chi connectivity index (χ0n) is 7.14. The first-order valence-electron chi connectivity index (χ1n) is 3.89. The maximum Gasteiger partial charge on any atom is 0.320 e. The molecule has 0 aromatic heterocycles. The van der Waals surface area contributed by atoms with Crippen LogP contribution in [-0.2, 0) is 9.59 Å². The Morgan fingerprint density at radius 2 is 1.69 bits per heavy atom. The Morgan fingerprint density at radius 3 is 2.08 bits per heavy atom. The number of carbonyl (C=O) groups is 2. The van der Waals surface area contributed by atoms with Gasteiger partial charge in [-0.15, -0.1) is 0 Å². The molecule has 0 bridgehead atoms. The van der Waals surface area contributed by atoms with E-state index in [1.54, 1.807) is 0 Å². The van der Waals surface area contributed by atoms with Crippen molar-refractivity contribution < 1.29 is 19.8 Å². The van der Waals surface area contributed by atoms with E-state index in [9.17, 15) is 9.59 Å². The van der Waals surface area contributed by atoms with Crippen molar-refractivity contribution in [3.63, 3.8) is 0 Å². The van der Waals surface area contributed by atoms with Gasteiger partial charge in [0.2, 0.25) is 0 Å². The molecule has 0 spiro atoms. The largest absolute Gasteiger partial charge is 0.481 e. The summed E-state index contributed by atoms with van der Waals surface area (Å²) >= 11 is 0. The predicted molar refractivity (Wildman–Crippen MR) is 45.1 cm³/mol. The average molecular weight is 190 g/mol. The summed E-state index contributed by atoms with van der Waals surface area (Å²) in [4.78, 5) is 20.4. The van der Waals surface area contributed by atoms with Crippen LogP contribution >= 0.6 is 0 Å². The van der Waals surface area contributed by atoms with Crippen molar-refractivity contribution in [3.05, 3.63) is 0 Å². The van der Waals surface area contributed by atoms with Gasteiger partial charge in [0.25, 0.3) is 0 Å². The molecule has 0 fully saturated rings. The summed E-state index contributed by atoms with van der Waals surface area (Å²) in [6, 6.07) is -1.48. The van der Waals surface area contributed by atoms with E-state index in [0.717, 1.165) is 0 Å². The minimum absolute atomic E-state index is 0.160. The molecule has 13 heavy (non-hydrogen) atoms. The van der Waals surface area contributed by atoms with Crippen molar-refractivity contribution in [1.29, 1.82) is 0 Å². The summed E-state index contributed by atoms with van der Waals surface area (Å²) in [5, 5.41) is 16.7. The van der Waals surface area contributed by atoms with Crippen LogP contribution in [0.5, 0.6) is 0 Å². The number of aliphatic carboxylic acids is 2. The second kappa shape index (κ2) is 5.50. The number of carboxylic acid groups (broad SMARTS) is 2. The first-order valence-corrected chi connectivity index (χ1v) is 3.89. The van der Waals surface area contributed by atoms with E-state index < -0.39 is 24.0 Å². The molecule has 0 saturated heterocycles. The molecular weight excluding hydrogens is 176 g/mol. The Kier molecular flexibility index (Phi) is 5.01. The van der Waals surface area contributed by atoms with Crippen molar-refractivity contribution in [2.24, 2.45) is 11.5 Å². The lowest BCUT2D eigenvalue weighted by atomic mass is 10.1. The van der Waals surface area contributed by atoms with Gasteiger partial charge in [0.1, 0.15) is 6.04 Å². The zero-order chi connectivity index (χ0) is 10.4. The van der Waals surface area contributed by atoms with Crippen LogP contribution in [0.2, 0.25) is 0 Å².